The zero-order chi connectivity index (χ0) is 13.0. The molecule has 0 spiro atoms. The zero-order valence-electron chi connectivity index (χ0n) is 10.4. The highest BCUT2D eigenvalue weighted by molar-refractivity contribution is 5.94. The molecule has 0 fully saturated rings. The molecule has 3 nitrogen and oxygen atoms in total. The molecule has 0 atom stereocenters. The van der Waals surface area contributed by atoms with E-state index in [4.69, 9.17) is 0 Å². The fourth-order valence-electron chi connectivity index (χ4n) is 1.82. The number of nitrogens with one attached hydrogen (secondary N) is 1. The molecule has 0 heterocycles. The monoisotopic (exact) mass is 241 g/mol. The van der Waals surface area contributed by atoms with Crippen LogP contribution >= 0.6 is 0 Å². The summed E-state index contributed by atoms with van der Waals surface area (Å²) in [5.41, 5.74) is 1.73. The highest BCUT2D eigenvalue weighted by Crippen LogP contribution is 2.23. The number of hydrogen-bond acceptors (Lipinski definition) is 3. The van der Waals surface area contributed by atoms with Gasteiger partial charge in [0, 0.05) is 22.8 Å². The van der Waals surface area contributed by atoms with Crippen LogP contribution in [0.4, 0.5) is 5.69 Å². The van der Waals surface area contributed by atoms with Crippen molar-refractivity contribution in [3.8, 4) is 0 Å². The van der Waals surface area contributed by atoms with Crippen molar-refractivity contribution >= 4 is 22.4 Å². The fourth-order valence-corrected chi connectivity index (χ4v) is 1.82. The third-order valence-electron chi connectivity index (χ3n) is 2.66. The summed E-state index contributed by atoms with van der Waals surface area (Å²) < 4.78 is 4.59. The SMILES string of the molecule is COC(=O)/C=C(/C)Nc1cccc2ccccc12. The Balaban J connectivity index is 2.32. The molecule has 0 saturated heterocycles. The number of ether oxygens (including phenoxy) is 1. The first-order valence-electron chi connectivity index (χ1n) is 5.72. The summed E-state index contributed by atoms with van der Waals surface area (Å²) in [6.07, 6.45) is 1.43. The van der Waals surface area contributed by atoms with Crippen LogP contribution in [0.25, 0.3) is 10.8 Å². The molecule has 0 bridgehead atoms. The van der Waals surface area contributed by atoms with E-state index in [0.717, 1.165) is 22.2 Å². The predicted molar refractivity (Wildman–Crippen MR) is 73.3 cm³/mol. The van der Waals surface area contributed by atoms with Gasteiger partial charge < -0.3 is 10.1 Å². The van der Waals surface area contributed by atoms with Crippen LogP contribution in [0.2, 0.25) is 0 Å². The molecule has 18 heavy (non-hydrogen) atoms. The largest absolute Gasteiger partial charge is 0.466 e. The summed E-state index contributed by atoms with van der Waals surface area (Å²) in [6, 6.07) is 14.1. The van der Waals surface area contributed by atoms with E-state index in [1.54, 1.807) is 0 Å². The number of benzene rings is 2. The summed E-state index contributed by atoms with van der Waals surface area (Å²) in [4.78, 5) is 11.1. The standard InChI is InChI=1S/C15H15NO2/c1-11(10-15(17)18-2)16-14-9-5-7-12-6-3-4-8-13(12)14/h3-10,16H,1-2H3/b11-10-. The van der Waals surface area contributed by atoms with Crippen LogP contribution in [0.1, 0.15) is 6.92 Å². The number of methoxy groups -OCH3 is 1. The van der Waals surface area contributed by atoms with Gasteiger partial charge in [-0.1, -0.05) is 36.4 Å². The van der Waals surface area contributed by atoms with Crippen LogP contribution in [0, 0.1) is 0 Å². The van der Waals surface area contributed by atoms with Crippen molar-refractivity contribution < 1.29 is 9.53 Å². The minimum absolute atomic E-state index is 0.361. The Morgan fingerprint density at radius 1 is 1.17 bits per heavy atom. The first-order chi connectivity index (χ1) is 8.70. The Bertz CT molecular complexity index is 597. The van der Waals surface area contributed by atoms with Gasteiger partial charge in [-0.25, -0.2) is 4.79 Å². The third kappa shape index (κ3) is 2.69. The number of carbonyl (C=O) groups is 1. The van der Waals surface area contributed by atoms with Gasteiger partial charge in [0.2, 0.25) is 0 Å². The Morgan fingerprint density at radius 2 is 1.89 bits per heavy atom. The maximum atomic E-state index is 11.1. The minimum Gasteiger partial charge on any atom is -0.466 e. The molecule has 0 unspecified atom stereocenters. The molecule has 2 aromatic carbocycles. The Morgan fingerprint density at radius 3 is 2.67 bits per heavy atom. The van der Waals surface area contributed by atoms with Gasteiger partial charge in [-0.3, -0.25) is 0 Å². The molecule has 0 amide bonds. The van der Waals surface area contributed by atoms with Gasteiger partial charge in [0.15, 0.2) is 0 Å². The van der Waals surface area contributed by atoms with Gasteiger partial charge in [-0.05, 0) is 18.4 Å². The topological polar surface area (TPSA) is 38.3 Å². The quantitative estimate of drug-likeness (QED) is 0.661. The van der Waals surface area contributed by atoms with Crippen molar-refractivity contribution in [3.63, 3.8) is 0 Å². The number of fused-ring (bicyclic) bond motifs is 1. The predicted octanol–water partition coefficient (Wildman–Crippen LogP) is 3.33. The summed E-state index contributed by atoms with van der Waals surface area (Å²) in [7, 11) is 1.37. The second-order valence-electron chi connectivity index (χ2n) is 4.00. The van der Waals surface area contributed by atoms with Crippen molar-refractivity contribution in [1.82, 2.24) is 0 Å². The Hall–Kier alpha value is -2.29. The van der Waals surface area contributed by atoms with Gasteiger partial charge >= 0.3 is 5.97 Å². The smallest absolute Gasteiger partial charge is 0.332 e. The first-order valence-corrected chi connectivity index (χ1v) is 5.72. The Labute approximate surface area is 106 Å². The molecule has 3 heteroatoms. The second kappa shape index (κ2) is 5.36. The maximum Gasteiger partial charge on any atom is 0.332 e. The van der Waals surface area contributed by atoms with Crippen molar-refractivity contribution in [2.45, 2.75) is 6.92 Å². The highest BCUT2D eigenvalue weighted by atomic mass is 16.5. The molecule has 92 valence electrons. The van der Waals surface area contributed by atoms with E-state index in [0.29, 0.717) is 0 Å². The van der Waals surface area contributed by atoms with E-state index in [1.807, 2.05) is 37.3 Å². The summed E-state index contributed by atoms with van der Waals surface area (Å²) in [5, 5.41) is 5.49. The summed E-state index contributed by atoms with van der Waals surface area (Å²) >= 11 is 0. The van der Waals surface area contributed by atoms with E-state index < -0.39 is 0 Å². The lowest BCUT2D eigenvalue weighted by atomic mass is 10.1. The van der Waals surface area contributed by atoms with Gasteiger partial charge in [0.1, 0.15) is 0 Å². The number of hydrogen-bond donors (Lipinski definition) is 1. The number of rotatable bonds is 3. The van der Waals surface area contributed by atoms with Crippen molar-refractivity contribution in [1.29, 1.82) is 0 Å². The normalized spacial score (nSPS) is 11.3. The number of esters is 1. The van der Waals surface area contributed by atoms with Crippen LogP contribution in [0.3, 0.4) is 0 Å². The lowest BCUT2D eigenvalue weighted by Crippen LogP contribution is -2.02. The number of carbonyl (C=O) groups excluding carboxylic acids is 1. The van der Waals surface area contributed by atoms with E-state index >= 15 is 0 Å². The third-order valence-corrected chi connectivity index (χ3v) is 2.66. The highest BCUT2D eigenvalue weighted by Gasteiger charge is 2.01. The molecule has 0 aliphatic heterocycles. The molecule has 1 N–H and O–H groups in total. The molecule has 0 aromatic heterocycles. The van der Waals surface area contributed by atoms with Crippen LogP contribution in [-0.2, 0) is 9.53 Å². The average molecular weight is 241 g/mol. The molecular weight excluding hydrogens is 226 g/mol. The van der Waals surface area contributed by atoms with Crippen LogP contribution < -0.4 is 5.32 Å². The number of allylic oxidation sites excluding steroid dienone is 1. The minimum atomic E-state index is -0.361. The van der Waals surface area contributed by atoms with Gasteiger partial charge in [0.25, 0.3) is 0 Å². The van der Waals surface area contributed by atoms with E-state index in [1.165, 1.54) is 13.2 Å². The van der Waals surface area contributed by atoms with Crippen molar-refractivity contribution in [2.75, 3.05) is 12.4 Å². The second-order valence-corrected chi connectivity index (χ2v) is 4.00. The van der Waals surface area contributed by atoms with Crippen molar-refractivity contribution in [2.24, 2.45) is 0 Å². The van der Waals surface area contributed by atoms with E-state index in [2.05, 4.69) is 22.2 Å². The molecule has 2 aromatic rings. The number of anilines is 1. The van der Waals surface area contributed by atoms with Crippen LogP contribution in [-0.4, -0.2) is 13.1 Å². The Kier molecular flexibility index (Phi) is 3.63. The molecule has 2 rings (SSSR count). The van der Waals surface area contributed by atoms with Crippen LogP contribution in [0.5, 0.6) is 0 Å². The van der Waals surface area contributed by atoms with Gasteiger partial charge in [-0.2, -0.15) is 0 Å². The fraction of sp³-hybridized carbons (Fsp3) is 0.133. The van der Waals surface area contributed by atoms with Gasteiger partial charge in [-0.15, -0.1) is 0 Å². The van der Waals surface area contributed by atoms with Gasteiger partial charge in [0.05, 0.1) is 7.11 Å². The molecule has 0 saturated carbocycles. The first kappa shape index (κ1) is 12.2. The summed E-state index contributed by atoms with van der Waals surface area (Å²) in [5.74, 6) is -0.361. The molecule has 0 radical (unpaired) electrons. The van der Waals surface area contributed by atoms with E-state index in [-0.39, 0.29) is 5.97 Å². The van der Waals surface area contributed by atoms with E-state index in [9.17, 15) is 4.79 Å². The lowest BCUT2D eigenvalue weighted by molar-refractivity contribution is -0.134. The van der Waals surface area contributed by atoms with Crippen molar-refractivity contribution in [3.05, 3.63) is 54.2 Å². The average Bonchev–Trinajstić information content (AvgIpc) is 2.39. The zero-order valence-corrected chi connectivity index (χ0v) is 10.4. The van der Waals surface area contributed by atoms with Crippen LogP contribution in [0.15, 0.2) is 54.2 Å². The maximum absolute atomic E-state index is 11.1. The lowest BCUT2D eigenvalue weighted by Gasteiger charge is -2.09. The summed E-state index contributed by atoms with van der Waals surface area (Å²) in [6.45, 7) is 1.83. The molecule has 0 aliphatic carbocycles. The molecule has 0 aliphatic rings. The molecular formula is C15H15NO2.